The molecule has 1 fully saturated rings. The van der Waals surface area contributed by atoms with E-state index < -0.39 is 28.8 Å². The predicted molar refractivity (Wildman–Crippen MR) is 124 cm³/mol. The zero-order valence-corrected chi connectivity index (χ0v) is 19.2. The Morgan fingerprint density at radius 2 is 1.83 bits per heavy atom. The Kier molecular flexibility index (Phi) is 5.57. The number of benzene rings is 2. The number of nitriles is 1. The van der Waals surface area contributed by atoms with Crippen LogP contribution in [0, 0.1) is 18.3 Å². The van der Waals surface area contributed by atoms with Gasteiger partial charge in [-0.3, -0.25) is 4.57 Å². The van der Waals surface area contributed by atoms with Crippen molar-refractivity contribution in [2.45, 2.75) is 31.2 Å². The van der Waals surface area contributed by atoms with Crippen LogP contribution in [0.5, 0.6) is 0 Å². The lowest BCUT2D eigenvalue weighted by atomic mass is 10.2. The van der Waals surface area contributed by atoms with Crippen molar-refractivity contribution in [2.24, 2.45) is 0 Å². The van der Waals surface area contributed by atoms with E-state index in [-0.39, 0.29) is 10.9 Å². The maximum Gasteiger partial charge on any atom is 0.416 e. The van der Waals surface area contributed by atoms with Gasteiger partial charge in [0, 0.05) is 12.8 Å². The molecule has 1 saturated carbocycles. The minimum atomic E-state index is -4.58. The first kappa shape index (κ1) is 23.0. The van der Waals surface area contributed by atoms with E-state index in [1.807, 2.05) is 6.07 Å². The lowest BCUT2D eigenvalue weighted by Crippen LogP contribution is -2.32. The van der Waals surface area contributed by atoms with Gasteiger partial charge < -0.3 is 4.55 Å². The first-order chi connectivity index (χ1) is 16.7. The summed E-state index contributed by atoms with van der Waals surface area (Å²) in [5.41, 5.74) is 0.602. The van der Waals surface area contributed by atoms with E-state index in [2.05, 4.69) is 5.10 Å². The zero-order chi connectivity index (χ0) is 24.9. The highest BCUT2D eigenvalue weighted by atomic mass is 32.2. The average Bonchev–Trinajstić information content (AvgIpc) is 3.52. The number of hydrogen-bond donors (Lipinski definition) is 0. The smallest absolute Gasteiger partial charge is 0.416 e. The quantitative estimate of drug-likeness (QED) is 0.383. The lowest BCUT2D eigenvalue weighted by molar-refractivity contribution is -0.137. The molecular formula is C24H18F3N5O2S. The van der Waals surface area contributed by atoms with E-state index in [0.717, 1.165) is 20.7 Å². The third kappa shape index (κ3) is 4.05. The van der Waals surface area contributed by atoms with Gasteiger partial charge in [0.1, 0.15) is 10.9 Å². The normalized spacial score (nSPS) is 14.6. The van der Waals surface area contributed by atoms with Gasteiger partial charge in [0.05, 0.1) is 57.5 Å². The Bertz CT molecular complexity index is 1510. The van der Waals surface area contributed by atoms with Crippen LogP contribution >= 0.6 is 0 Å². The average molecular weight is 498 g/mol. The van der Waals surface area contributed by atoms with Crippen LogP contribution in [0.3, 0.4) is 0 Å². The molecule has 35 heavy (non-hydrogen) atoms. The fourth-order valence-corrected chi connectivity index (χ4v) is 5.43. The van der Waals surface area contributed by atoms with Crippen LogP contribution in [-0.4, -0.2) is 28.1 Å². The molecule has 0 spiro atoms. The van der Waals surface area contributed by atoms with Gasteiger partial charge in [-0.05, 0) is 55.5 Å². The maximum absolute atomic E-state index is 13.6. The minimum absolute atomic E-state index is 0.0274. The van der Waals surface area contributed by atoms with Gasteiger partial charge in [0.2, 0.25) is 0 Å². The van der Waals surface area contributed by atoms with Crippen molar-refractivity contribution in [3.05, 3.63) is 88.1 Å². The van der Waals surface area contributed by atoms with Crippen molar-refractivity contribution < 1.29 is 17.7 Å². The molecule has 11 heteroatoms. The van der Waals surface area contributed by atoms with E-state index >= 15 is 0 Å². The van der Waals surface area contributed by atoms with Crippen molar-refractivity contribution in [1.82, 2.24) is 18.3 Å². The van der Waals surface area contributed by atoms with Gasteiger partial charge in [-0.2, -0.15) is 23.5 Å². The largest absolute Gasteiger partial charge is 0.592 e. The number of halogens is 3. The number of imidazole rings is 1. The maximum atomic E-state index is 13.6. The number of nitrogens with zero attached hydrogens (tertiary/aromatic N) is 5. The summed E-state index contributed by atoms with van der Waals surface area (Å²) in [7, 11) is 0. The van der Waals surface area contributed by atoms with Gasteiger partial charge in [-0.25, -0.2) is 9.48 Å². The fraction of sp³-hybridized carbons (Fsp3) is 0.208. The standard InChI is InChI=1S/C24H18F3N5O2S/c1-15-22(21-11-12-29-31(21)18-7-5-16(14-28)6-8-18)32(35(34)20-9-10-20)23(33)30(15)19-4-2-3-17(13-19)24(25,26)27/h2-8,11-13,20H,9-10H2,1H3. The van der Waals surface area contributed by atoms with Gasteiger partial charge in [0.25, 0.3) is 0 Å². The molecule has 4 aromatic rings. The van der Waals surface area contributed by atoms with Crippen LogP contribution in [0.1, 0.15) is 29.7 Å². The highest BCUT2D eigenvalue weighted by molar-refractivity contribution is 7.90. The van der Waals surface area contributed by atoms with E-state index in [1.165, 1.54) is 18.3 Å². The summed E-state index contributed by atoms with van der Waals surface area (Å²) in [5, 5.41) is 13.2. The molecule has 0 N–H and O–H groups in total. The summed E-state index contributed by atoms with van der Waals surface area (Å²) in [6.07, 6.45) is -1.67. The molecule has 0 amide bonds. The molecule has 2 heterocycles. The molecule has 5 rings (SSSR count). The Morgan fingerprint density at radius 1 is 1.11 bits per heavy atom. The molecule has 0 aliphatic heterocycles. The van der Waals surface area contributed by atoms with E-state index in [4.69, 9.17) is 5.26 Å². The third-order valence-electron chi connectivity index (χ3n) is 5.79. The molecule has 0 bridgehead atoms. The van der Waals surface area contributed by atoms with Gasteiger partial charge in [0.15, 0.2) is 0 Å². The van der Waals surface area contributed by atoms with Crippen molar-refractivity contribution >= 4 is 11.4 Å². The first-order valence-corrected chi connectivity index (χ1v) is 11.9. The second-order valence-electron chi connectivity index (χ2n) is 8.16. The van der Waals surface area contributed by atoms with Crippen LogP contribution in [0.25, 0.3) is 22.8 Å². The number of rotatable bonds is 5. The molecule has 1 atom stereocenters. The van der Waals surface area contributed by atoms with E-state index in [1.54, 1.807) is 41.9 Å². The molecule has 0 radical (unpaired) electrons. The molecule has 0 saturated heterocycles. The lowest BCUT2D eigenvalue weighted by Gasteiger charge is -2.13. The van der Waals surface area contributed by atoms with Crippen LogP contribution in [-0.2, 0) is 17.5 Å². The highest BCUT2D eigenvalue weighted by Crippen LogP contribution is 2.35. The summed E-state index contributed by atoms with van der Waals surface area (Å²) in [6, 6.07) is 14.8. The number of hydrogen-bond acceptors (Lipinski definition) is 4. The van der Waals surface area contributed by atoms with Crippen LogP contribution in [0.2, 0.25) is 0 Å². The van der Waals surface area contributed by atoms with Crippen LogP contribution in [0.15, 0.2) is 65.6 Å². The van der Waals surface area contributed by atoms with Gasteiger partial charge in [-0.1, -0.05) is 6.07 Å². The molecule has 2 aromatic carbocycles. The van der Waals surface area contributed by atoms with Crippen molar-refractivity contribution in [1.29, 1.82) is 5.26 Å². The van der Waals surface area contributed by atoms with Crippen LogP contribution < -0.4 is 5.69 Å². The van der Waals surface area contributed by atoms with Crippen molar-refractivity contribution in [3.63, 3.8) is 0 Å². The first-order valence-electron chi connectivity index (χ1n) is 10.7. The molecule has 7 nitrogen and oxygen atoms in total. The van der Waals surface area contributed by atoms with Gasteiger partial charge >= 0.3 is 11.9 Å². The predicted octanol–water partition coefficient (Wildman–Crippen LogP) is 4.36. The van der Waals surface area contributed by atoms with Crippen molar-refractivity contribution in [2.75, 3.05) is 0 Å². The van der Waals surface area contributed by atoms with E-state index in [9.17, 15) is 22.5 Å². The Labute approximate surface area is 201 Å². The number of aromatic nitrogens is 4. The summed E-state index contributed by atoms with van der Waals surface area (Å²) in [5.74, 6) is 0. The zero-order valence-electron chi connectivity index (χ0n) is 18.4. The summed E-state index contributed by atoms with van der Waals surface area (Å²) < 4.78 is 57.2. The molecule has 178 valence electrons. The molecular weight excluding hydrogens is 479 g/mol. The Hall–Kier alpha value is -3.75. The molecule has 1 unspecified atom stereocenters. The summed E-state index contributed by atoms with van der Waals surface area (Å²) >= 11 is -1.71. The summed E-state index contributed by atoms with van der Waals surface area (Å²) in [4.78, 5) is 13.6. The van der Waals surface area contributed by atoms with Crippen molar-refractivity contribution in [3.8, 4) is 28.8 Å². The molecule has 2 aromatic heterocycles. The monoisotopic (exact) mass is 497 g/mol. The van der Waals surface area contributed by atoms with Crippen LogP contribution in [0.4, 0.5) is 13.2 Å². The van der Waals surface area contributed by atoms with E-state index in [0.29, 0.717) is 41.2 Å². The van der Waals surface area contributed by atoms with Gasteiger partial charge in [-0.15, -0.1) is 3.97 Å². The highest BCUT2D eigenvalue weighted by Gasteiger charge is 2.41. The SMILES string of the molecule is Cc1c(-c2ccnn2-c2ccc(C#N)cc2)n([S+]([O-])C2CC2)c(=O)n1-c1cccc(C(F)(F)F)c1. The minimum Gasteiger partial charge on any atom is -0.592 e. The second-order valence-corrected chi connectivity index (χ2v) is 9.74. The summed E-state index contributed by atoms with van der Waals surface area (Å²) in [6.45, 7) is 1.60. The second kappa shape index (κ2) is 8.48. The number of alkyl halides is 3. The Morgan fingerprint density at radius 3 is 2.46 bits per heavy atom. The molecule has 1 aliphatic rings. The fourth-order valence-electron chi connectivity index (χ4n) is 3.95. The Balaban J connectivity index is 1.73. The third-order valence-corrected chi connectivity index (χ3v) is 7.53. The topological polar surface area (TPSA) is 91.6 Å². The molecule has 1 aliphatic carbocycles.